The van der Waals surface area contributed by atoms with Crippen LogP contribution in [0.3, 0.4) is 0 Å². The summed E-state index contributed by atoms with van der Waals surface area (Å²) in [6.07, 6.45) is 1.06. The molecule has 0 amide bonds. The minimum absolute atomic E-state index is 0.134. The maximum atomic E-state index is 13.2. The van der Waals surface area contributed by atoms with E-state index in [-0.39, 0.29) is 18.5 Å². The lowest BCUT2D eigenvalue weighted by molar-refractivity contribution is 0.358. The average Bonchev–Trinajstić information content (AvgIpc) is 2.36. The second-order valence-corrected chi connectivity index (χ2v) is 4.07. The molecule has 1 N–H and O–H groups in total. The highest BCUT2D eigenvalue weighted by Crippen LogP contribution is 2.26. The molecule has 0 spiro atoms. The zero-order valence-electron chi connectivity index (χ0n) is 11.2. The normalized spacial score (nSPS) is 11.6. The summed E-state index contributed by atoms with van der Waals surface area (Å²) >= 11 is 0. The molecule has 1 rings (SSSR count). The molecule has 98 valence electrons. The number of hydrogen-bond acceptors (Lipinski definition) is 2. The van der Waals surface area contributed by atoms with Crippen LogP contribution in [0.25, 0.3) is 0 Å². The molecule has 0 aliphatic rings. The molecule has 0 radical (unpaired) electrons. The van der Waals surface area contributed by atoms with Crippen molar-refractivity contribution in [2.24, 2.45) is 0 Å². The number of benzene rings is 1. The Balaban J connectivity index is 2.83. The molecule has 1 aromatic carbocycles. The van der Waals surface area contributed by atoms with Crippen LogP contribution in [0.15, 0.2) is 18.2 Å². The van der Waals surface area contributed by atoms with Crippen molar-refractivity contribution >= 4 is 0 Å². The standard InChI is InChI=1S/C15H20FNO/c1-4-6-10-18-15-11-13(16)7-8-14(15)12(3)17-9-5-2/h7-8,11-12,17H,5,9-10H2,1-3H3. The van der Waals surface area contributed by atoms with Crippen LogP contribution in [0.2, 0.25) is 0 Å². The van der Waals surface area contributed by atoms with E-state index in [4.69, 9.17) is 4.74 Å². The molecule has 0 aliphatic carbocycles. The van der Waals surface area contributed by atoms with E-state index < -0.39 is 0 Å². The SMILES string of the molecule is CC#CCOc1cc(F)ccc1C(C)NCCC. The number of nitrogens with one attached hydrogen (secondary N) is 1. The summed E-state index contributed by atoms with van der Waals surface area (Å²) in [4.78, 5) is 0. The van der Waals surface area contributed by atoms with Crippen molar-refractivity contribution in [3.63, 3.8) is 0 Å². The summed E-state index contributed by atoms with van der Waals surface area (Å²) in [6.45, 7) is 7.11. The van der Waals surface area contributed by atoms with Gasteiger partial charge in [0.2, 0.25) is 0 Å². The summed E-state index contributed by atoms with van der Waals surface area (Å²) in [6, 6.07) is 4.77. The number of ether oxygens (including phenoxy) is 1. The molecular formula is C15H20FNO. The fourth-order valence-corrected chi connectivity index (χ4v) is 1.65. The first-order valence-electron chi connectivity index (χ1n) is 6.24. The first-order valence-corrected chi connectivity index (χ1v) is 6.24. The van der Waals surface area contributed by atoms with Crippen molar-refractivity contribution < 1.29 is 9.13 Å². The van der Waals surface area contributed by atoms with Crippen molar-refractivity contribution in [2.45, 2.75) is 33.2 Å². The topological polar surface area (TPSA) is 21.3 Å². The lowest BCUT2D eigenvalue weighted by Gasteiger charge is -2.17. The Bertz CT molecular complexity index is 434. The first kappa shape index (κ1) is 14.5. The molecule has 0 saturated heterocycles. The van der Waals surface area contributed by atoms with Gasteiger partial charge in [-0.25, -0.2) is 4.39 Å². The van der Waals surface area contributed by atoms with E-state index in [1.54, 1.807) is 13.0 Å². The molecule has 0 saturated carbocycles. The maximum absolute atomic E-state index is 13.2. The molecule has 0 fully saturated rings. The Labute approximate surface area is 109 Å². The molecule has 0 aliphatic heterocycles. The Kier molecular flexibility index (Phi) is 6.24. The van der Waals surface area contributed by atoms with Gasteiger partial charge in [0.1, 0.15) is 18.2 Å². The smallest absolute Gasteiger partial charge is 0.149 e. The summed E-state index contributed by atoms with van der Waals surface area (Å²) in [5.74, 6) is 5.83. The molecule has 1 atom stereocenters. The Morgan fingerprint density at radius 1 is 1.44 bits per heavy atom. The first-order chi connectivity index (χ1) is 8.69. The maximum Gasteiger partial charge on any atom is 0.149 e. The zero-order valence-corrected chi connectivity index (χ0v) is 11.2. The largest absolute Gasteiger partial charge is 0.480 e. The summed E-state index contributed by atoms with van der Waals surface area (Å²) in [5, 5.41) is 3.36. The predicted octanol–water partition coefficient (Wildman–Crippen LogP) is 3.29. The second-order valence-electron chi connectivity index (χ2n) is 4.07. The van der Waals surface area contributed by atoms with Crippen molar-refractivity contribution in [3.05, 3.63) is 29.6 Å². The van der Waals surface area contributed by atoms with Gasteiger partial charge < -0.3 is 10.1 Å². The average molecular weight is 249 g/mol. The Morgan fingerprint density at radius 2 is 2.22 bits per heavy atom. The third-order valence-corrected chi connectivity index (χ3v) is 2.62. The molecule has 0 heterocycles. The molecule has 1 unspecified atom stereocenters. The number of hydrogen-bond donors (Lipinski definition) is 1. The lowest BCUT2D eigenvalue weighted by atomic mass is 10.1. The Morgan fingerprint density at radius 3 is 2.89 bits per heavy atom. The zero-order chi connectivity index (χ0) is 13.4. The summed E-state index contributed by atoms with van der Waals surface area (Å²) in [7, 11) is 0. The second kappa shape index (κ2) is 7.73. The number of halogens is 1. The fraction of sp³-hybridized carbons (Fsp3) is 0.467. The quantitative estimate of drug-likeness (QED) is 0.781. The molecule has 18 heavy (non-hydrogen) atoms. The van der Waals surface area contributed by atoms with E-state index in [1.807, 2.05) is 6.92 Å². The molecule has 0 aromatic heterocycles. The number of rotatable bonds is 6. The van der Waals surface area contributed by atoms with Crippen molar-refractivity contribution in [3.8, 4) is 17.6 Å². The van der Waals surface area contributed by atoms with Crippen LogP contribution in [-0.2, 0) is 0 Å². The molecule has 2 nitrogen and oxygen atoms in total. The van der Waals surface area contributed by atoms with Gasteiger partial charge in [0.25, 0.3) is 0 Å². The van der Waals surface area contributed by atoms with E-state index >= 15 is 0 Å². The van der Waals surface area contributed by atoms with Gasteiger partial charge in [-0.05, 0) is 32.9 Å². The highest BCUT2D eigenvalue weighted by molar-refractivity contribution is 5.36. The van der Waals surface area contributed by atoms with Gasteiger partial charge in [0, 0.05) is 17.7 Å². The minimum Gasteiger partial charge on any atom is -0.480 e. The van der Waals surface area contributed by atoms with Crippen LogP contribution < -0.4 is 10.1 Å². The van der Waals surface area contributed by atoms with Gasteiger partial charge in [0.05, 0.1) is 0 Å². The van der Waals surface area contributed by atoms with Crippen molar-refractivity contribution in [1.82, 2.24) is 5.32 Å². The van der Waals surface area contributed by atoms with Gasteiger partial charge in [-0.15, -0.1) is 5.92 Å². The third kappa shape index (κ3) is 4.38. The third-order valence-electron chi connectivity index (χ3n) is 2.62. The fourth-order valence-electron chi connectivity index (χ4n) is 1.65. The van der Waals surface area contributed by atoms with Crippen LogP contribution in [0.1, 0.15) is 38.8 Å². The molecule has 1 aromatic rings. The van der Waals surface area contributed by atoms with Crippen molar-refractivity contribution in [2.75, 3.05) is 13.2 Å². The van der Waals surface area contributed by atoms with Crippen LogP contribution in [0.5, 0.6) is 5.75 Å². The van der Waals surface area contributed by atoms with Crippen LogP contribution in [0.4, 0.5) is 4.39 Å². The van der Waals surface area contributed by atoms with E-state index in [9.17, 15) is 4.39 Å². The van der Waals surface area contributed by atoms with E-state index in [0.29, 0.717) is 5.75 Å². The van der Waals surface area contributed by atoms with Gasteiger partial charge in [-0.3, -0.25) is 0 Å². The van der Waals surface area contributed by atoms with Gasteiger partial charge in [0.15, 0.2) is 0 Å². The van der Waals surface area contributed by atoms with E-state index in [2.05, 4.69) is 24.1 Å². The molecule has 3 heteroatoms. The monoisotopic (exact) mass is 249 g/mol. The lowest BCUT2D eigenvalue weighted by Crippen LogP contribution is -2.20. The molecule has 0 bridgehead atoms. The van der Waals surface area contributed by atoms with Gasteiger partial charge >= 0.3 is 0 Å². The predicted molar refractivity (Wildman–Crippen MR) is 72.1 cm³/mol. The highest BCUT2D eigenvalue weighted by Gasteiger charge is 2.11. The van der Waals surface area contributed by atoms with Gasteiger partial charge in [-0.1, -0.05) is 18.9 Å². The van der Waals surface area contributed by atoms with Crippen molar-refractivity contribution in [1.29, 1.82) is 0 Å². The highest BCUT2D eigenvalue weighted by atomic mass is 19.1. The van der Waals surface area contributed by atoms with E-state index in [1.165, 1.54) is 12.1 Å². The Hall–Kier alpha value is -1.53. The van der Waals surface area contributed by atoms with Gasteiger partial charge in [-0.2, -0.15) is 0 Å². The summed E-state index contributed by atoms with van der Waals surface area (Å²) < 4.78 is 18.7. The van der Waals surface area contributed by atoms with E-state index in [0.717, 1.165) is 18.5 Å². The van der Waals surface area contributed by atoms with Crippen LogP contribution in [-0.4, -0.2) is 13.2 Å². The molecular weight excluding hydrogens is 229 g/mol. The van der Waals surface area contributed by atoms with Crippen LogP contribution >= 0.6 is 0 Å². The minimum atomic E-state index is -0.291. The van der Waals surface area contributed by atoms with Crippen LogP contribution in [0, 0.1) is 17.7 Å². The summed E-state index contributed by atoms with van der Waals surface area (Å²) in [5.41, 5.74) is 0.961.